The van der Waals surface area contributed by atoms with E-state index in [1.807, 2.05) is 19.1 Å². The van der Waals surface area contributed by atoms with Crippen molar-refractivity contribution in [3.8, 4) is 0 Å². The third kappa shape index (κ3) is 6.48. The zero-order valence-electron chi connectivity index (χ0n) is 17.5. The molecule has 1 heterocycles. The van der Waals surface area contributed by atoms with Gasteiger partial charge in [0.2, 0.25) is 5.91 Å². The molecule has 0 aliphatic heterocycles. The molecule has 0 bridgehead atoms. The van der Waals surface area contributed by atoms with Crippen molar-refractivity contribution >= 4 is 40.9 Å². The topological polar surface area (TPSA) is 88.9 Å². The van der Waals surface area contributed by atoms with Gasteiger partial charge < -0.3 is 15.2 Å². The van der Waals surface area contributed by atoms with Crippen LogP contribution in [0.4, 0.5) is 18.9 Å². The number of carbonyl (C=O) groups is 2. The van der Waals surface area contributed by atoms with Crippen LogP contribution in [0.1, 0.15) is 27.3 Å². The van der Waals surface area contributed by atoms with Gasteiger partial charge >= 0.3 is 6.18 Å². The standard InChI is InChI=1S/C21H19ClF3N5O2S/c1-12-3-5-13(6-4-12)19(32)26-10-17-28-29-20(30(17)2)33-11-18(31)27-16-9-14(21(23,24)25)7-8-15(16)22/h3-9H,10-11H2,1-2H3,(H,26,32)(H,27,31). The lowest BCUT2D eigenvalue weighted by Crippen LogP contribution is -2.24. The molecule has 2 N–H and O–H groups in total. The fourth-order valence-electron chi connectivity index (χ4n) is 2.70. The molecule has 0 atom stereocenters. The van der Waals surface area contributed by atoms with Gasteiger partial charge in [0.05, 0.1) is 28.6 Å². The summed E-state index contributed by atoms with van der Waals surface area (Å²) in [6, 6.07) is 9.81. The van der Waals surface area contributed by atoms with E-state index in [0.29, 0.717) is 16.5 Å². The van der Waals surface area contributed by atoms with Crippen LogP contribution in [0.15, 0.2) is 47.6 Å². The minimum absolute atomic E-state index is 0.00777. The van der Waals surface area contributed by atoms with Crippen molar-refractivity contribution in [1.82, 2.24) is 20.1 Å². The number of halogens is 4. The summed E-state index contributed by atoms with van der Waals surface area (Å²) in [5.74, 6) is -0.476. The second-order valence-corrected chi connectivity index (χ2v) is 8.39. The number of rotatable bonds is 7. The largest absolute Gasteiger partial charge is 0.416 e. The third-order valence-electron chi connectivity index (χ3n) is 4.55. The van der Waals surface area contributed by atoms with E-state index < -0.39 is 17.6 Å². The van der Waals surface area contributed by atoms with E-state index in [-0.39, 0.29) is 28.9 Å². The van der Waals surface area contributed by atoms with Crippen LogP contribution in [0, 0.1) is 6.92 Å². The fraction of sp³-hybridized carbons (Fsp3) is 0.238. The number of carbonyl (C=O) groups excluding carboxylic acids is 2. The molecule has 7 nitrogen and oxygen atoms in total. The molecule has 2 aromatic carbocycles. The van der Waals surface area contributed by atoms with Gasteiger partial charge in [-0.25, -0.2) is 0 Å². The van der Waals surface area contributed by atoms with Crippen molar-refractivity contribution in [2.45, 2.75) is 24.8 Å². The van der Waals surface area contributed by atoms with Crippen LogP contribution >= 0.6 is 23.4 Å². The van der Waals surface area contributed by atoms with Crippen molar-refractivity contribution in [3.05, 3.63) is 70.0 Å². The first-order valence-corrected chi connectivity index (χ1v) is 10.9. The number of aryl methyl sites for hydroxylation is 1. The van der Waals surface area contributed by atoms with Crippen molar-refractivity contribution in [3.63, 3.8) is 0 Å². The van der Waals surface area contributed by atoms with Crippen LogP contribution in [0.5, 0.6) is 0 Å². The minimum Gasteiger partial charge on any atom is -0.345 e. The average Bonchev–Trinajstić information content (AvgIpc) is 3.11. The maximum Gasteiger partial charge on any atom is 0.416 e. The van der Waals surface area contributed by atoms with Crippen molar-refractivity contribution in [1.29, 1.82) is 0 Å². The Bertz CT molecular complexity index is 1170. The summed E-state index contributed by atoms with van der Waals surface area (Å²) in [7, 11) is 1.68. The van der Waals surface area contributed by atoms with Gasteiger partial charge in [0.25, 0.3) is 5.91 Å². The highest BCUT2D eigenvalue weighted by Crippen LogP contribution is 2.34. The maximum atomic E-state index is 12.9. The minimum atomic E-state index is -4.55. The van der Waals surface area contributed by atoms with Crippen molar-refractivity contribution in [2.75, 3.05) is 11.1 Å². The quantitative estimate of drug-likeness (QED) is 0.471. The molecular formula is C21H19ClF3N5O2S. The van der Waals surface area contributed by atoms with Gasteiger partial charge in [-0.05, 0) is 37.3 Å². The third-order valence-corrected chi connectivity index (χ3v) is 5.90. The van der Waals surface area contributed by atoms with Crippen LogP contribution in [-0.4, -0.2) is 32.3 Å². The van der Waals surface area contributed by atoms with Gasteiger partial charge in [-0.2, -0.15) is 13.2 Å². The van der Waals surface area contributed by atoms with E-state index in [0.717, 1.165) is 35.5 Å². The molecule has 0 aliphatic carbocycles. The molecule has 0 radical (unpaired) electrons. The van der Waals surface area contributed by atoms with Crippen molar-refractivity contribution in [2.24, 2.45) is 7.05 Å². The highest BCUT2D eigenvalue weighted by atomic mass is 35.5. The lowest BCUT2D eigenvalue weighted by Gasteiger charge is -2.11. The Labute approximate surface area is 196 Å². The number of thioether (sulfide) groups is 1. The highest BCUT2D eigenvalue weighted by Gasteiger charge is 2.31. The molecule has 12 heteroatoms. The average molecular weight is 498 g/mol. The molecule has 0 unspecified atom stereocenters. The summed E-state index contributed by atoms with van der Waals surface area (Å²) in [6.07, 6.45) is -4.55. The number of amides is 2. The number of hydrogen-bond donors (Lipinski definition) is 2. The molecule has 0 spiro atoms. The Morgan fingerprint density at radius 2 is 1.82 bits per heavy atom. The summed E-state index contributed by atoms with van der Waals surface area (Å²) >= 11 is 6.94. The number of benzene rings is 2. The van der Waals surface area contributed by atoms with Gasteiger partial charge in [-0.1, -0.05) is 41.1 Å². The number of alkyl halides is 3. The van der Waals surface area contributed by atoms with E-state index >= 15 is 0 Å². The monoisotopic (exact) mass is 497 g/mol. The van der Waals surface area contributed by atoms with Gasteiger partial charge in [-0.15, -0.1) is 10.2 Å². The SMILES string of the molecule is Cc1ccc(C(=O)NCc2nnc(SCC(=O)Nc3cc(C(F)(F)F)ccc3Cl)n2C)cc1. The Kier molecular flexibility index (Phi) is 7.65. The normalized spacial score (nSPS) is 11.3. The first-order valence-electron chi connectivity index (χ1n) is 9.57. The zero-order chi connectivity index (χ0) is 24.2. The fourth-order valence-corrected chi connectivity index (χ4v) is 3.60. The molecule has 3 aromatic rings. The first kappa shape index (κ1) is 24.6. The Balaban J connectivity index is 1.55. The number of nitrogens with one attached hydrogen (secondary N) is 2. The molecule has 1 aromatic heterocycles. The molecule has 2 amide bonds. The number of hydrogen-bond acceptors (Lipinski definition) is 5. The van der Waals surface area contributed by atoms with E-state index in [1.165, 1.54) is 0 Å². The molecule has 0 fully saturated rings. The Morgan fingerprint density at radius 1 is 1.12 bits per heavy atom. The van der Waals surface area contributed by atoms with E-state index in [2.05, 4.69) is 20.8 Å². The number of anilines is 1. The molecule has 33 heavy (non-hydrogen) atoms. The lowest BCUT2D eigenvalue weighted by molar-refractivity contribution is -0.137. The van der Waals surface area contributed by atoms with Crippen molar-refractivity contribution < 1.29 is 22.8 Å². The van der Waals surface area contributed by atoms with Crippen LogP contribution in [-0.2, 0) is 24.6 Å². The second-order valence-electron chi connectivity index (χ2n) is 7.04. The van der Waals surface area contributed by atoms with Gasteiger partial charge in [0.15, 0.2) is 11.0 Å². The first-order chi connectivity index (χ1) is 15.5. The summed E-state index contributed by atoms with van der Waals surface area (Å²) in [4.78, 5) is 24.5. The van der Waals surface area contributed by atoms with Gasteiger partial charge in [-0.3, -0.25) is 9.59 Å². The molecule has 0 aliphatic rings. The van der Waals surface area contributed by atoms with Crippen LogP contribution in [0.3, 0.4) is 0 Å². The smallest absolute Gasteiger partial charge is 0.345 e. The van der Waals surface area contributed by atoms with Crippen LogP contribution < -0.4 is 10.6 Å². The van der Waals surface area contributed by atoms with E-state index in [9.17, 15) is 22.8 Å². The predicted octanol–water partition coefficient (Wildman–Crippen LogP) is 4.46. The van der Waals surface area contributed by atoms with Gasteiger partial charge in [0, 0.05) is 12.6 Å². The molecule has 0 saturated heterocycles. The number of aromatic nitrogens is 3. The highest BCUT2D eigenvalue weighted by molar-refractivity contribution is 7.99. The molecular weight excluding hydrogens is 479 g/mol. The van der Waals surface area contributed by atoms with E-state index in [1.54, 1.807) is 23.7 Å². The maximum absolute atomic E-state index is 12.9. The Morgan fingerprint density at radius 3 is 2.48 bits per heavy atom. The van der Waals surface area contributed by atoms with E-state index in [4.69, 9.17) is 11.6 Å². The summed E-state index contributed by atoms with van der Waals surface area (Å²) in [5, 5.41) is 13.5. The zero-order valence-corrected chi connectivity index (χ0v) is 19.1. The number of nitrogens with zero attached hydrogens (tertiary/aromatic N) is 3. The summed E-state index contributed by atoms with van der Waals surface area (Å²) in [5.41, 5.74) is 0.512. The summed E-state index contributed by atoms with van der Waals surface area (Å²) in [6.45, 7) is 2.05. The molecule has 0 saturated carbocycles. The van der Waals surface area contributed by atoms with Crippen LogP contribution in [0.2, 0.25) is 5.02 Å². The van der Waals surface area contributed by atoms with Gasteiger partial charge in [0.1, 0.15) is 0 Å². The van der Waals surface area contributed by atoms with Crippen LogP contribution in [0.25, 0.3) is 0 Å². The lowest BCUT2D eigenvalue weighted by atomic mass is 10.1. The predicted molar refractivity (Wildman–Crippen MR) is 119 cm³/mol. The molecule has 3 rings (SSSR count). The summed E-state index contributed by atoms with van der Waals surface area (Å²) < 4.78 is 40.2. The molecule has 174 valence electrons. The Hall–Kier alpha value is -3.05. The second kappa shape index (κ2) is 10.3.